The minimum atomic E-state index is 0.544. The first-order chi connectivity index (χ1) is 34.8. The lowest BCUT2D eigenvalue weighted by Gasteiger charge is -2.14. The van der Waals surface area contributed by atoms with Crippen molar-refractivity contribution in [2.24, 2.45) is 0 Å². The Morgan fingerprint density at radius 1 is 0.257 bits per heavy atom. The third kappa shape index (κ3) is 5.54. The second kappa shape index (κ2) is 15.0. The van der Waals surface area contributed by atoms with Gasteiger partial charge in [0.15, 0.2) is 11.6 Å². The van der Waals surface area contributed by atoms with Crippen LogP contribution < -0.4 is 0 Å². The fourth-order valence-electron chi connectivity index (χ4n) is 11.3. The molecule has 7 heteroatoms. The molecular formula is C63H39N7. The van der Waals surface area contributed by atoms with Crippen molar-refractivity contribution < 1.29 is 0 Å². The summed E-state index contributed by atoms with van der Waals surface area (Å²) in [7, 11) is 0. The molecule has 0 bridgehead atoms. The Balaban J connectivity index is 1.06. The van der Waals surface area contributed by atoms with Gasteiger partial charge in [-0.15, -0.1) is 0 Å². The highest BCUT2D eigenvalue weighted by atomic mass is 15.2. The van der Waals surface area contributed by atoms with Crippen LogP contribution in [0.15, 0.2) is 237 Å². The molecule has 7 nitrogen and oxygen atoms in total. The van der Waals surface area contributed by atoms with E-state index in [4.69, 9.17) is 15.0 Å². The van der Waals surface area contributed by atoms with Crippen molar-refractivity contribution in [3.63, 3.8) is 0 Å². The maximum atomic E-state index is 5.60. The highest BCUT2D eigenvalue weighted by Crippen LogP contribution is 2.44. The van der Waals surface area contributed by atoms with E-state index in [-0.39, 0.29) is 0 Å². The fourth-order valence-corrected chi connectivity index (χ4v) is 11.3. The molecule has 0 amide bonds. The number of hydrogen-bond acceptors (Lipinski definition) is 3. The summed E-state index contributed by atoms with van der Waals surface area (Å²) in [6, 6.07) is 84.3. The Labute approximate surface area is 401 Å². The van der Waals surface area contributed by atoms with Crippen LogP contribution in [-0.4, -0.2) is 33.2 Å². The molecule has 5 aromatic heterocycles. The lowest BCUT2D eigenvalue weighted by Crippen LogP contribution is -2.07. The molecule has 15 rings (SSSR count). The second-order valence-electron chi connectivity index (χ2n) is 18.0. The van der Waals surface area contributed by atoms with Crippen molar-refractivity contribution in [3.05, 3.63) is 237 Å². The maximum Gasteiger partial charge on any atom is 0.238 e. The summed E-state index contributed by atoms with van der Waals surface area (Å²) >= 11 is 0. The molecule has 0 aliphatic heterocycles. The number of benzene rings is 10. The monoisotopic (exact) mass is 893 g/mol. The molecule has 0 spiro atoms. The third-order valence-electron chi connectivity index (χ3n) is 14.2. The van der Waals surface area contributed by atoms with Gasteiger partial charge < -0.3 is 13.7 Å². The molecule has 0 fully saturated rings. The average molecular weight is 894 g/mol. The number of fused-ring (bicyclic) bond motifs is 13. The summed E-state index contributed by atoms with van der Waals surface area (Å²) in [6.45, 7) is 0. The number of nitrogens with zero attached hydrogens (tertiary/aromatic N) is 7. The Morgan fingerprint density at radius 2 is 0.714 bits per heavy atom. The standard InChI is InChI=1S/C63H39N7/c1-4-19-40(20-5-1)61-64-62(50-29-18-34-57-58(50)49-28-13-17-33-55(49)67(57)41-21-6-2-7-22-41)66-63(65-61)70-54-32-16-12-27-46(54)47-36-37-48-51-39-43(68-52-30-14-10-25-44(52)45-26-11-15-31-53(45)68)35-38-56(51)69(59(48)60(47)70)42-23-8-3-9-24-42/h1-39H. The highest BCUT2D eigenvalue weighted by molar-refractivity contribution is 6.24. The van der Waals surface area contributed by atoms with Crippen molar-refractivity contribution in [2.75, 3.05) is 0 Å². The van der Waals surface area contributed by atoms with Crippen LogP contribution in [0.3, 0.4) is 0 Å². The zero-order valence-electron chi connectivity index (χ0n) is 37.6. The molecule has 10 aromatic carbocycles. The van der Waals surface area contributed by atoms with Crippen LogP contribution in [0.4, 0.5) is 0 Å². The minimum Gasteiger partial charge on any atom is -0.309 e. The van der Waals surface area contributed by atoms with Crippen LogP contribution in [0.25, 0.3) is 133 Å². The second-order valence-corrected chi connectivity index (χ2v) is 18.0. The zero-order chi connectivity index (χ0) is 45.9. The van der Waals surface area contributed by atoms with E-state index in [1.54, 1.807) is 0 Å². The van der Waals surface area contributed by atoms with Crippen LogP contribution in [0, 0.1) is 0 Å². The SMILES string of the molecule is c1ccc(-c2nc(-c3cccc4c3c3ccccc3n4-c3ccccc3)nc(-n3c4ccccc4c4ccc5c6cc(-n7c8ccccc8c8ccccc87)ccc6n(-c6ccccc6)c5c43)n2)cc1. The predicted octanol–water partition coefficient (Wildman–Crippen LogP) is 15.6. The van der Waals surface area contributed by atoms with Gasteiger partial charge in [-0.3, -0.25) is 4.57 Å². The van der Waals surface area contributed by atoms with Crippen LogP contribution >= 0.6 is 0 Å². The Hall–Kier alpha value is -9.59. The van der Waals surface area contributed by atoms with E-state index in [2.05, 4.69) is 237 Å². The van der Waals surface area contributed by atoms with Crippen molar-refractivity contribution in [1.82, 2.24) is 33.2 Å². The summed E-state index contributed by atoms with van der Waals surface area (Å²) < 4.78 is 9.45. The smallest absolute Gasteiger partial charge is 0.238 e. The first kappa shape index (κ1) is 38.5. The summed E-state index contributed by atoms with van der Waals surface area (Å²) in [4.78, 5) is 16.4. The topological polar surface area (TPSA) is 58.4 Å². The average Bonchev–Trinajstić information content (AvgIpc) is 4.16. The van der Waals surface area contributed by atoms with Crippen LogP contribution in [-0.2, 0) is 0 Å². The molecule has 0 radical (unpaired) electrons. The van der Waals surface area contributed by atoms with Gasteiger partial charge in [0.2, 0.25) is 5.95 Å². The molecule has 5 heterocycles. The Kier molecular flexibility index (Phi) is 8.23. The van der Waals surface area contributed by atoms with Gasteiger partial charge in [-0.2, -0.15) is 9.97 Å². The van der Waals surface area contributed by atoms with E-state index in [0.29, 0.717) is 17.6 Å². The zero-order valence-corrected chi connectivity index (χ0v) is 37.6. The summed E-state index contributed by atoms with van der Waals surface area (Å²) in [5.74, 6) is 1.74. The van der Waals surface area contributed by atoms with Crippen molar-refractivity contribution in [2.45, 2.75) is 0 Å². The van der Waals surface area contributed by atoms with E-state index in [9.17, 15) is 0 Å². The third-order valence-corrected chi connectivity index (χ3v) is 14.2. The minimum absolute atomic E-state index is 0.544. The molecule has 326 valence electrons. The maximum absolute atomic E-state index is 5.60. The lowest BCUT2D eigenvalue weighted by atomic mass is 10.1. The molecular weight excluding hydrogens is 855 g/mol. The molecule has 0 saturated carbocycles. The van der Waals surface area contributed by atoms with E-state index in [0.717, 1.165) is 93.6 Å². The molecule has 0 aliphatic carbocycles. The van der Waals surface area contributed by atoms with Crippen molar-refractivity contribution in [1.29, 1.82) is 0 Å². The molecule has 0 atom stereocenters. The van der Waals surface area contributed by atoms with Crippen LogP contribution in [0.5, 0.6) is 0 Å². The number of para-hydroxylation sites is 6. The van der Waals surface area contributed by atoms with Gasteiger partial charge in [-0.1, -0.05) is 164 Å². The summed E-state index contributed by atoms with van der Waals surface area (Å²) in [6.07, 6.45) is 0. The lowest BCUT2D eigenvalue weighted by molar-refractivity contribution is 0.954. The molecule has 70 heavy (non-hydrogen) atoms. The van der Waals surface area contributed by atoms with Crippen LogP contribution in [0.2, 0.25) is 0 Å². The van der Waals surface area contributed by atoms with Crippen molar-refractivity contribution >= 4 is 87.2 Å². The van der Waals surface area contributed by atoms with E-state index in [1.165, 1.54) is 21.8 Å². The predicted molar refractivity (Wildman–Crippen MR) is 288 cm³/mol. The van der Waals surface area contributed by atoms with Gasteiger partial charge in [-0.05, 0) is 72.8 Å². The molecule has 0 unspecified atom stereocenters. The molecule has 0 aliphatic rings. The van der Waals surface area contributed by atoms with Crippen LogP contribution in [0.1, 0.15) is 0 Å². The normalized spacial score (nSPS) is 12.0. The highest BCUT2D eigenvalue weighted by Gasteiger charge is 2.25. The van der Waals surface area contributed by atoms with Gasteiger partial charge in [0.1, 0.15) is 0 Å². The van der Waals surface area contributed by atoms with Gasteiger partial charge >= 0.3 is 0 Å². The number of aromatic nitrogens is 7. The largest absolute Gasteiger partial charge is 0.309 e. The van der Waals surface area contributed by atoms with E-state index < -0.39 is 0 Å². The molecule has 0 saturated heterocycles. The van der Waals surface area contributed by atoms with Crippen molar-refractivity contribution in [3.8, 4) is 45.8 Å². The molecule has 0 N–H and O–H groups in total. The summed E-state index contributed by atoms with van der Waals surface area (Å²) in [5, 5.41) is 9.21. The number of hydrogen-bond donors (Lipinski definition) is 0. The Bertz CT molecular complexity index is 4520. The Morgan fingerprint density at radius 3 is 1.37 bits per heavy atom. The molecule has 15 aromatic rings. The number of rotatable bonds is 6. The van der Waals surface area contributed by atoms with Gasteiger partial charge in [0.25, 0.3) is 0 Å². The first-order valence-electron chi connectivity index (χ1n) is 23.7. The van der Waals surface area contributed by atoms with Gasteiger partial charge in [0.05, 0.1) is 44.1 Å². The van der Waals surface area contributed by atoms with E-state index in [1.807, 2.05) is 18.2 Å². The fraction of sp³-hybridized carbons (Fsp3) is 0. The quantitative estimate of drug-likeness (QED) is 0.167. The van der Waals surface area contributed by atoms with Gasteiger partial charge in [0, 0.05) is 71.3 Å². The first-order valence-corrected chi connectivity index (χ1v) is 23.7. The summed E-state index contributed by atoms with van der Waals surface area (Å²) in [5.41, 5.74) is 13.9. The van der Waals surface area contributed by atoms with Gasteiger partial charge in [-0.25, -0.2) is 4.98 Å². The van der Waals surface area contributed by atoms with E-state index >= 15 is 0 Å².